The van der Waals surface area contributed by atoms with Gasteiger partial charge in [0, 0.05) is 55.3 Å². The first-order valence-electron chi connectivity index (χ1n) is 14.6. The highest BCUT2D eigenvalue weighted by Gasteiger charge is 2.37. The van der Waals surface area contributed by atoms with Crippen LogP contribution in [0.5, 0.6) is 11.5 Å². The summed E-state index contributed by atoms with van der Waals surface area (Å²) in [5, 5.41) is 2.99. The molecule has 0 bridgehead atoms. The number of halogens is 1. The number of aldehydes is 1. The van der Waals surface area contributed by atoms with Crippen LogP contribution < -0.4 is 29.5 Å². The molecule has 45 heavy (non-hydrogen) atoms. The third kappa shape index (κ3) is 5.72. The van der Waals surface area contributed by atoms with Gasteiger partial charge in [0.15, 0.2) is 12.1 Å². The molecule has 1 fully saturated rings. The molecule has 1 aromatic heterocycles. The van der Waals surface area contributed by atoms with E-state index in [1.807, 2.05) is 19.1 Å². The number of hydrogen-bond donors (Lipinski definition) is 1. The molecule has 3 aromatic carbocycles. The lowest BCUT2D eigenvalue weighted by atomic mass is 10.1. The van der Waals surface area contributed by atoms with Crippen LogP contribution in [0.2, 0.25) is 0 Å². The fourth-order valence-electron chi connectivity index (χ4n) is 5.71. The van der Waals surface area contributed by atoms with Gasteiger partial charge in [-0.15, -0.1) is 0 Å². The highest BCUT2D eigenvalue weighted by molar-refractivity contribution is 6.12. The average Bonchev–Trinajstić information content (AvgIpc) is 3.05. The van der Waals surface area contributed by atoms with Crippen LogP contribution in [-0.4, -0.2) is 74.6 Å². The van der Waals surface area contributed by atoms with Gasteiger partial charge in [-0.2, -0.15) is 4.98 Å². The van der Waals surface area contributed by atoms with Gasteiger partial charge in [-0.1, -0.05) is 12.1 Å². The maximum Gasteiger partial charge on any atom is 0.335 e. The molecule has 0 spiro atoms. The van der Waals surface area contributed by atoms with Gasteiger partial charge in [0.05, 0.1) is 37.8 Å². The number of likely N-dealkylation sites (N-methyl/N-ethyl adjacent to an activating group) is 1. The van der Waals surface area contributed by atoms with Gasteiger partial charge >= 0.3 is 6.03 Å². The largest absolute Gasteiger partial charge is 0.497 e. The average molecular weight is 612 g/mol. The molecule has 12 heteroatoms. The standard InChI is InChI=1S/C33H34FN7O4/c1-21-6-5-7-22(20-42)30(21)40-19-23-18-35-32(36-27-10-8-24(16-26(27)34)39-14-12-38(2)13-15-39)37-31(23)41(33(40)43)28-11-9-25(44-3)17-29(28)45-4/h5-11,16-18,20H,12-15,19H2,1-4H3,(H,35,36,37). The van der Waals surface area contributed by atoms with Crippen molar-refractivity contribution >= 4 is 46.8 Å². The maximum atomic E-state index is 15.3. The molecule has 0 atom stereocenters. The van der Waals surface area contributed by atoms with Crippen molar-refractivity contribution in [3.63, 3.8) is 0 Å². The lowest BCUT2D eigenvalue weighted by Crippen LogP contribution is -2.46. The second-order valence-electron chi connectivity index (χ2n) is 11.0. The minimum Gasteiger partial charge on any atom is -0.497 e. The Bertz CT molecular complexity index is 1760. The molecule has 1 N–H and O–H groups in total. The van der Waals surface area contributed by atoms with Crippen LogP contribution >= 0.6 is 0 Å². The van der Waals surface area contributed by atoms with Gasteiger partial charge in [0.1, 0.15) is 17.3 Å². The fourth-order valence-corrected chi connectivity index (χ4v) is 5.71. The Kier molecular flexibility index (Phi) is 8.22. The van der Waals surface area contributed by atoms with Crippen molar-refractivity contribution in [2.24, 2.45) is 0 Å². The zero-order valence-electron chi connectivity index (χ0n) is 25.6. The highest BCUT2D eigenvalue weighted by Crippen LogP contribution is 2.42. The summed E-state index contributed by atoms with van der Waals surface area (Å²) in [6.45, 7) is 5.43. The Hall–Kier alpha value is -5.23. The summed E-state index contributed by atoms with van der Waals surface area (Å²) in [4.78, 5) is 42.9. The molecule has 0 radical (unpaired) electrons. The van der Waals surface area contributed by atoms with Crippen molar-refractivity contribution in [2.45, 2.75) is 13.5 Å². The molecule has 6 rings (SSSR count). The number of carbonyl (C=O) groups is 2. The fraction of sp³-hybridized carbons (Fsp3) is 0.273. The SMILES string of the molecule is COc1ccc(N2C(=O)N(c3c(C)cccc3C=O)Cc3cnc(Nc4ccc(N5CCN(C)CC5)cc4F)nc32)c(OC)c1. The van der Waals surface area contributed by atoms with Gasteiger partial charge in [-0.25, -0.2) is 19.1 Å². The third-order valence-corrected chi connectivity index (χ3v) is 8.17. The zero-order valence-corrected chi connectivity index (χ0v) is 25.6. The number of hydrogen-bond acceptors (Lipinski definition) is 9. The van der Waals surface area contributed by atoms with Crippen molar-refractivity contribution in [2.75, 3.05) is 67.5 Å². The maximum absolute atomic E-state index is 15.3. The molecule has 2 amide bonds. The monoisotopic (exact) mass is 611 g/mol. The van der Waals surface area contributed by atoms with Crippen LogP contribution in [0.15, 0.2) is 60.8 Å². The van der Waals surface area contributed by atoms with Crippen LogP contribution in [0.25, 0.3) is 0 Å². The molecule has 1 saturated heterocycles. The number of aryl methyl sites for hydroxylation is 1. The van der Waals surface area contributed by atoms with E-state index >= 15 is 4.39 Å². The van der Waals surface area contributed by atoms with E-state index in [-0.39, 0.29) is 18.2 Å². The first-order chi connectivity index (χ1) is 21.8. The Balaban J connectivity index is 1.39. The minimum atomic E-state index is -0.448. The van der Waals surface area contributed by atoms with Crippen LogP contribution in [0.1, 0.15) is 21.5 Å². The van der Waals surface area contributed by atoms with E-state index in [2.05, 4.69) is 27.1 Å². The predicted molar refractivity (Wildman–Crippen MR) is 171 cm³/mol. The number of carbonyl (C=O) groups excluding carboxylic acids is 2. The number of fused-ring (bicyclic) bond motifs is 1. The van der Waals surface area contributed by atoms with E-state index in [1.54, 1.807) is 49.7 Å². The van der Waals surface area contributed by atoms with Crippen LogP contribution in [0, 0.1) is 12.7 Å². The molecule has 4 aromatic rings. The van der Waals surface area contributed by atoms with Crippen molar-refractivity contribution in [1.82, 2.24) is 14.9 Å². The van der Waals surface area contributed by atoms with Crippen LogP contribution in [0.3, 0.4) is 0 Å². The summed E-state index contributed by atoms with van der Waals surface area (Å²) in [7, 11) is 5.11. The number of aromatic nitrogens is 2. The molecular formula is C33H34FN7O4. The van der Waals surface area contributed by atoms with E-state index in [0.29, 0.717) is 39.8 Å². The van der Waals surface area contributed by atoms with E-state index in [9.17, 15) is 9.59 Å². The summed E-state index contributed by atoms with van der Waals surface area (Å²) in [6, 6.07) is 15.0. The second kappa shape index (κ2) is 12.4. The molecule has 0 unspecified atom stereocenters. The zero-order chi connectivity index (χ0) is 31.7. The molecular weight excluding hydrogens is 577 g/mol. The molecule has 2 aliphatic rings. The van der Waals surface area contributed by atoms with Crippen molar-refractivity contribution < 1.29 is 23.5 Å². The van der Waals surface area contributed by atoms with E-state index in [4.69, 9.17) is 14.5 Å². The van der Waals surface area contributed by atoms with Gasteiger partial charge in [0.25, 0.3) is 0 Å². The quantitative estimate of drug-likeness (QED) is 0.258. The normalized spacial score (nSPS) is 15.1. The number of amides is 2. The van der Waals surface area contributed by atoms with Gasteiger partial charge in [-0.05, 0) is 55.9 Å². The summed E-state index contributed by atoms with van der Waals surface area (Å²) < 4.78 is 26.4. The highest BCUT2D eigenvalue weighted by atomic mass is 19.1. The Morgan fingerprint density at radius 1 is 1.00 bits per heavy atom. The van der Waals surface area contributed by atoms with Crippen LogP contribution in [-0.2, 0) is 6.54 Å². The third-order valence-electron chi connectivity index (χ3n) is 8.17. The summed E-state index contributed by atoms with van der Waals surface area (Å²) in [5.74, 6) is 0.884. The number of ether oxygens (including phenoxy) is 2. The Labute approximate surface area is 260 Å². The van der Waals surface area contributed by atoms with E-state index in [1.165, 1.54) is 23.0 Å². The van der Waals surface area contributed by atoms with E-state index in [0.717, 1.165) is 43.7 Å². The molecule has 11 nitrogen and oxygen atoms in total. The van der Waals surface area contributed by atoms with Gasteiger partial charge < -0.3 is 24.6 Å². The van der Waals surface area contributed by atoms with Crippen LogP contribution in [0.4, 0.5) is 43.7 Å². The number of urea groups is 1. The number of nitrogens with one attached hydrogen (secondary N) is 1. The number of rotatable bonds is 8. The first-order valence-corrected chi connectivity index (χ1v) is 14.6. The lowest BCUT2D eigenvalue weighted by molar-refractivity contribution is 0.112. The summed E-state index contributed by atoms with van der Waals surface area (Å²) >= 11 is 0. The van der Waals surface area contributed by atoms with Crippen molar-refractivity contribution in [3.05, 3.63) is 83.3 Å². The number of methoxy groups -OCH3 is 2. The predicted octanol–water partition coefficient (Wildman–Crippen LogP) is 5.53. The van der Waals surface area contributed by atoms with Crippen molar-refractivity contribution in [1.29, 1.82) is 0 Å². The van der Waals surface area contributed by atoms with Crippen molar-refractivity contribution in [3.8, 4) is 11.5 Å². The molecule has 0 aliphatic carbocycles. The summed E-state index contributed by atoms with van der Waals surface area (Å²) in [6.07, 6.45) is 2.33. The van der Waals surface area contributed by atoms with Gasteiger partial charge in [0.2, 0.25) is 5.95 Å². The Morgan fingerprint density at radius 3 is 2.51 bits per heavy atom. The van der Waals surface area contributed by atoms with Gasteiger partial charge in [-0.3, -0.25) is 9.69 Å². The number of nitrogens with zero attached hydrogens (tertiary/aromatic N) is 6. The molecule has 232 valence electrons. The smallest absolute Gasteiger partial charge is 0.335 e. The second-order valence-corrected chi connectivity index (χ2v) is 11.0. The van der Waals surface area contributed by atoms with E-state index < -0.39 is 11.8 Å². The summed E-state index contributed by atoms with van der Waals surface area (Å²) in [5.41, 5.74) is 3.67. The number of para-hydroxylation sites is 1. The first kappa shape index (κ1) is 29.8. The Morgan fingerprint density at radius 2 is 1.80 bits per heavy atom. The lowest BCUT2D eigenvalue weighted by Gasteiger charge is -2.37. The number of anilines is 6. The number of benzene rings is 3. The molecule has 2 aliphatic heterocycles. The minimum absolute atomic E-state index is 0.114. The topological polar surface area (TPSA) is 103 Å². The number of piperazine rings is 1. The molecule has 0 saturated carbocycles. The molecule has 3 heterocycles.